The van der Waals surface area contributed by atoms with Gasteiger partial charge >= 0.3 is 0 Å². The van der Waals surface area contributed by atoms with Crippen molar-refractivity contribution < 1.29 is 26.2 Å². The minimum atomic E-state index is 0. The monoisotopic (exact) mass is 308 g/mol. The number of phenols is 1. The molecular weight excluding hydrogens is 296 g/mol. The third kappa shape index (κ3) is 5.84. The van der Waals surface area contributed by atoms with Crippen LogP contribution in [0.4, 0.5) is 0 Å². The van der Waals surface area contributed by atoms with Crippen molar-refractivity contribution >= 4 is 0 Å². The zero-order valence-electron chi connectivity index (χ0n) is 6.24. The number of para-hydroxylation sites is 1. The fraction of sp³-hybridized carbons (Fsp3) is 0.250. The first-order chi connectivity index (χ1) is 4.39. The van der Waals surface area contributed by atoms with Crippen molar-refractivity contribution in [2.24, 2.45) is 0 Å². The van der Waals surface area contributed by atoms with Crippen LogP contribution in [0.3, 0.4) is 0 Å². The Kier molecular flexibility index (Phi) is 10.8. The summed E-state index contributed by atoms with van der Waals surface area (Å²) < 4.78 is 0. The van der Waals surface area contributed by atoms with Gasteiger partial charge in [-0.1, -0.05) is 32.0 Å². The molecule has 1 aromatic rings. The largest absolute Gasteiger partial charge is 0.508 e. The maximum absolute atomic E-state index is 8.63. The number of phenolic OH excluding ortho intramolecular Hbond substituents is 1. The Hall–Kier alpha value is -0.292. The van der Waals surface area contributed by atoms with E-state index < -0.39 is 0 Å². The maximum atomic E-state index is 8.63. The van der Waals surface area contributed by atoms with Gasteiger partial charge in [-0.15, -0.1) is 0 Å². The van der Waals surface area contributed by atoms with E-state index in [9.17, 15) is 0 Å². The van der Waals surface area contributed by atoms with Crippen molar-refractivity contribution in [2.45, 2.75) is 13.8 Å². The molecule has 0 aromatic heterocycles. The van der Waals surface area contributed by atoms with Crippen LogP contribution in [0.1, 0.15) is 13.8 Å². The van der Waals surface area contributed by atoms with Gasteiger partial charge in [-0.2, -0.15) is 0 Å². The van der Waals surface area contributed by atoms with Crippen LogP contribution in [0.25, 0.3) is 0 Å². The van der Waals surface area contributed by atoms with Crippen molar-refractivity contribution in [1.82, 2.24) is 0 Å². The van der Waals surface area contributed by atoms with E-state index in [1.807, 2.05) is 19.9 Å². The topological polar surface area (TPSA) is 20.2 Å². The van der Waals surface area contributed by atoms with Gasteiger partial charge in [0.15, 0.2) is 0 Å². The molecule has 0 heterocycles. The van der Waals surface area contributed by atoms with Gasteiger partial charge in [-0.25, -0.2) is 0 Å². The van der Waals surface area contributed by atoms with Gasteiger partial charge in [0.1, 0.15) is 5.75 Å². The van der Waals surface area contributed by atoms with Crippen LogP contribution in [-0.4, -0.2) is 5.11 Å². The number of hydrogen-bond donors (Lipinski definition) is 1. The SMILES string of the molecule is CC.Oc1ccccc1.[W]. The molecule has 0 fully saturated rings. The Morgan fingerprint density at radius 2 is 1.40 bits per heavy atom. The molecule has 10 heavy (non-hydrogen) atoms. The van der Waals surface area contributed by atoms with E-state index in [0.717, 1.165) is 0 Å². The third-order valence-electron chi connectivity index (χ3n) is 0.756. The van der Waals surface area contributed by atoms with Gasteiger partial charge in [0.25, 0.3) is 0 Å². The Balaban J connectivity index is 0. The van der Waals surface area contributed by atoms with E-state index in [-0.39, 0.29) is 21.1 Å². The summed E-state index contributed by atoms with van der Waals surface area (Å²) in [6, 6.07) is 8.71. The molecule has 0 aliphatic carbocycles. The van der Waals surface area contributed by atoms with E-state index in [2.05, 4.69) is 0 Å². The summed E-state index contributed by atoms with van der Waals surface area (Å²) in [6.07, 6.45) is 0. The maximum Gasteiger partial charge on any atom is 0.115 e. The fourth-order valence-electron chi connectivity index (χ4n) is 0.428. The quantitative estimate of drug-likeness (QED) is 0.780. The summed E-state index contributed by atoms with van der Waals surface area (Å²) in [5.74, 6) is 0.322. The Morgan fingerprint density at radius 3 is 1.60 bits per heavy atom. The second kappa shape index (κ2) is 8.71. The average Bonchev–Trinajstić information content (AvgIpc) is 1.94. The molecule has 0 aliphatic heterocycles. The molecule has 2 heteroatoms. The molecule has 0 amide bonds. The van der Waals surface area contributed by atoms with E-state index in [1.165, 1.54) is 0 Å². The van der Waals surface area contributed by atoms with Crippen molar-refractivity contribution in [3.05, 3.63) is 30.3 Å². The number of rotatable bonds is 0. The zero-order chi connectivity index (χ0) is 7.11. The Bertz CT molecular complexity index is 139. The van der Waals surface area contributed by atoms with Gasteiger partial charge in [0.2, 0.25) is 0 Å². The Labute approximate surface area is 76.3 Å². The molecule has 1 aromatic carbocycles. The molecule has 0 aliphatic rings. The fourth-order valence-corrected chi connectivity index (χ4v) is 0.428. The van der Waals surface area contributed by atoms with E-state index in [1.54, 1.807) is 24.3 Å². The first-order valence-corrected chi connectivity index (χ1v) is 3.13. The second-order valence-electron chi connectivity index (χ2n) is 1.34. The smallest absolute Gasteiger partial charge is 0.115 e. The van der Waals surface area contributed by atoms with Crippen LogP contribution in [0.5, 0.6) is 5.75 Å². The summed E-state index contributed by atoms with van der Waals surface area (Å²) in [4.78, 5) is 0. The molecule has 0 saturated carbocycles. The van der Waals surface area contributed by atoms with Crippen LogP contribution in [0.2, 0.25) is 0 Å². The molecule has 1 nitrogen and oxygen atoms in total. The molecule has 0 saturated heterocycles. The standard InChI is InChI=1S/C6H6O.C2H6.W/c7-6-4-2-1-3-5-6;1-2;/h1-5,7H;1-2H3;. The summed E-state index contributed by atoms with van der Waals surface area (Å²) in [5.41, 5.74) is 0. The summed E-state index contributed by atoms with van der Waals surface area (Å²) >= 11 is 0. The van der Waals surface area contributed by atoms with Gasteiger partial charge in [0.05, 0.1) is 0 Å². The molecule has 56 valence electrons. The predicted molar refractivity (Wildman–Crippen MR) is 39.5 cm³/mol. The van der Waals surface area contributed by atoms with Gasteiger partial charge in [-0.3, -0.25) is 0 Å². The summed E-state index contributed by atoms with van der Waals surface area (Å²) in [7, 11) is 0. The van der Waals surface area contributed by atoms with Crippen LogP contribution < -0.4 is 0 Å². The molecule has 0 unspecified atom stereocenters. The molecule has 0 atom stereocenters. The normalized spacial score (nSPS) is 6.60. The van der Waals surface area contributed by atoms with Crippen molar-refractivity contribution in [1.29, 1.82) is 0 Å². The van der Waals surface area contributed by atoms with Crippen LogP contribution in [-0.2, 0) is 21.1 Å². The average molecular weight is 308 g/mol. The third-order valence-corrected chi connectivity index (χ3v) is 0.756. The van der Waals surface area contributed by atoms with Crippen molar-refractivity contribution in [3.63, 3.8) is 0 Å². The molecular formula is C8H12OW. The number of aromatic hydroxyl groups is 1. The van der Waals surface area contributed by atoms with Gasteiger partial charge in [-0.05, 0) is 12.1 Å². The van der Waals surface area contributed by atoms with Crippen molar-refractivity contribution in [3.8, 4) is 5.75 Å². The summed E-state index contributed by atoms with van der Waals surface area (Å²) in [5, 5.41) is 8.63. The van der Waals surface area contributed by atoms with E-state index in [4.69, 9.17) is 5.11 Å². The molecule has 1 rings (SSSR count). The van der Waals surface area contributed by atoms with Gasteiger partial charge < -0.3 is 5.11 Å². The molecule has 1 N–H and O–H groups in total. The minimum absolute atomic E-state index is 0. The van der Waals surface area contributed by atoms with Crippen molar-refractivity contribution in [2.75, 3.05) is 0 Å². The first-order valence-electron chi connectivity index (χ1n) is 3.13. The number of hydrogen-bond acceptors (Lipinski definition) is 1. The molecule has 0 spiro atoms. The number of benzene rings is 1. The Morgan fingerprint density at radius 1 is 1.00 bits per heavy atom. The van der Waals surface area contributed by atoms with Crippen LogP contribution >= 0.6 is 0 Å². The zero-order valence-corrected chi connectivity index (χ0v) is 9.18. The molecule has 0 bridgehead atoms. The van der Waals surface area contributed by atoms with Crippen LogP contribution in [0, 0.1) is 0 Å². The second-order valence-corrected chi connectivity index (χ2v) is 1.34. The van der Waals surface area contributed by atoms with E-state index in [0.29, 0.717) is 5.75 Å². The van der Waals surface area contributed by atoms with Crippen LogP contribution in [0.15, 0.2) is 30.3 Å². The minimum Gasteiger partial charge on any atom is -0.508 e. The predicted octanol–water partition coefficient (Wildman–Crippen LogP) is 2.42. The first kappa shape index (κ1) is 12.4. The van der Waals surface area contributed by atoms with E-state index >= 15 is 0 Å². The molecule has 0 radical (unpaired) electrons. The summed E-state index contributed by atoms with van der Waals surface area (Å²) in [6.45, 7) is 4.00. The van der Waals surface area contributed by atoms with Gasteiger partial charge in [0, 0.05) is 21.1 Å².